The van der Waals surface area contributed by atoms with Gasteiger partial charge in [0.25, 0.3) is 5.91 Å². The molecule has 3 aliphatic rings. The second kappa shape index (κ2) is 14.0. The lowest BCUT2D eigenvalue weighted by Crippen LogP contribution is -2.58. The summed E-state index contributed by atoms with van der Waals surface area (Å²) in [4.78, 5) is 61.8. The topological polar surface area (TPSA) is 174 Å². The number of fused-ring (bicyclic) bond motifs is 1. The van der Waals surface area contributed by atoms with Gasteiger partial charge in [0.05, 0.1) is 18.9 Å². The molecule has 2 aromatic rings. The quantitative estimate of drug-likeness (QED) is 0.316. The predicted molar refractivity (Wildman–Crippen MR) is 180 cm³/mol. The first-order chi connectivity index (χ1) is 23.1. The molecule has 2 heterocycles. The summed E-state index contributed by atoms with van der Waals surface area (Å²) in [5.41, 5.74) is -2.18. The Morgan fingerprint density at radius 3 is 2.47 bits per heavy atom. The number of pyridine rings is 1. The van der Waals surface area contributed by atoms with E-state index in [0.29, 0.717) is 42.7 Å². The van der Waals surface area contributed by atoms with Crippen LogP contribution in [0.25, 0.3) is 10.8 Å². The van der Waals surface area contributed by atoms with Crippen LogP contribution in [-0.2, 0) is 29.1 Å². The smallest absolute Gasteiger partial charge is 0.410 e. The molecule has 0 bridgehead atoms. The minimum Gasteiger partial charge on any atom is -0.497 e. The summed E-state index contributed by atoms with van der Waals surface area (Å²) in [6.45, 7) is 7.19. The van der Waals surface area contributed by atoms with Gasteiger partial charge in [-0.2, -0.15) is 0 Å². The third kappa shape index (κ3) is 8.36. The number of aromatic nitrogens is 1. The van der Waals surface area contributed by atoms with Gasteiger partial charge in [-0.05, 0) is 82.5 Å². The van der Waals surface area contributed by atoms with E-state index in [1.165, 1.54) is 16.8 Å². The molecule has 5 rings (SSSR count). The third-order valence-electron chi connectivity index (χ3n) is 9.07. The van der Waals surface area contributed by atoms with Crippen molar-refractivity contribution in [3.63, 3.8) is 0 Å². The van der Waals surface area contributed by atoms with Crippen LogP contribution in [0.5, 0.6) is 11.6 Å². The van der Waals surface area contributed by atoms with Gasteiger partial charge in [0.1, 0.15) is 35.1 Å². The molecule has 15 heteroatoms. The maximum Gasteiger partial charge on any atom is 0.410 e. The number of hydrogen-bond acceptors (Lipinski definition) is 10. The first kappa shape index (κ1) is 36.1. The largest absolute Gasteiger partial charge is 0.497 e. The Kier molecular flexibility index (Phi) is 10.3. The van der Waals surface area contributed by atoms with Crippen LogP contribution in [0.2, 0.25) is 0 Å². The van der Waals surface area contributed by atoms with Gasteiger partial charge in [0.2, 0.25) is 27.7 Å². The molecule has 0 spiro atoms. The summed E-state index contributed by atoms with van der Waals surface area (Å²) < 4.78 is 44.4. The number of hydrogen-bond donors (Lipinski definition) is 2. The Morgan fingerprint density at radius 1 is 1.14 bits per heavy atom. The Bertz CT molecular complexity index is 1700. The third-order valence-corrected chi connectivity index (χ3v) is 10.9. The van der Waals surface area contributed by atoms with Crippen LogP contribution >= 0.6 is 0 Å². The summed E-state index contributed by atoms with van der Waals surface area (Å²) in [7, 11) is -0.747. The van der Waals surface area contributed by atoms with Crippen molar-refractivity contribution in [3.8, 4) is 11.6 Å². The van der Waals surface area contributed by atoms with Crippen LogP contribution in [-0.4, -0.2) is 102 Å². The highest BCUT2D eigenvalue weighted by atomic mass is 32.2. The van der Waals surface area contributed by atoms with Crippen molar-refractivity contribution in [1.82, 2.24) is 24.8 Å². The summed E-state index contributed by atoms with van der Waals surface area (Å²) in [5.74, 6) is -0.878. The van der Waals surface area contributed by atoms with Gasteiger partial charge in [0, 0.05) is 25.1 Å². The number of amides is 4. The van der Waals surface area contributed by atoms with Gasteiger partial charge >= 0.3 is 6.09 Å². The SMILES string of the molecule is CCCC[C@@H](C(=O)N1C[C@H](Oc2nccc3cc(OC)ccc23)C[C@H]1C(=O)NC1(C(=O)NS(=O)(=O)C2CC2)CC1)N(C)C(=O)OC(C)(C)C. The first-order valence-corrected chi connectivity index (χ1v) is 18.4. The molecule has 2 saturated carbocycles. The standard InChI is InChI=1S/C34H47N5O9S/c1-7-8-9-26(38(5)32(43)48-33(2,3)4)30(41)39-20-23(47-29-25-13-10-22(46-6)18-21(25)14-17-35-29)19-27(39)28(40)36-34(15-16-34)31(42)37-49(44,45)24-11-12-24/h10,13-14,17-18,23-24,26-27H,7-9,11-12,15-16,19-20H2,1-6H3,(H,36,40)(H,37,42)/t23-,26+,27+/m1/s1. The highest BCUT2D eigenvalue weighted by Gasteiger charge is 2.55. The molecule has 4 amide bonds. The summed E-state index contributed by atoms with van der Waals surface area (Å²) in [5, 5.41) is 3.70. The van der Waals surface area contributed by atoms with Gasteiger partial charge in [-0.15, -0.1) is 0 Å². The molecule has 0 unspecified atom stereocenters. The lowest BCUT2D eigenvalue weighted by atomic mass is 10.1. The van der Waals surface area contributed by atoms with Gasteiger partial charge in [-0.1, -0.05) is 19.8 Å². The van der Waals surface area contributed by atoms with E-state index in [2.05, 4.69) is 15.0 Å². The molecule has 14 nitrogen and oxygen atoms in total. The minimum absolute atomic E-state index is 0.00514. The van der Waals surface area contributed by atoms with E-state index in [4.69, 9.17) is 14.2 Å². The normalized spacial score (nSPS) is 20.7. The number of carbonyl (C=O) groups is 4. The van der Waals surface area contributed by atoms with Crippen molar-refractivity contribution in [3.05, 3.63) is 30.5 Å². The Labute approximate surface area is 287 Å². The molecular formula is C34H47N5O9S. The van der Waals surface area contributed by atoms with E-state index in [9.17, 15) is 27.6 Å². The van der Waals surface area contributed by atoms with E-state index in [-0.39, 0.29) is 25.8 Å². The Morgan fingerprint density at radius 2 is 1.86 bits per heavy atom. The average molecular weight is 702 g/mol. The van der Waals surface area contributed by atoms with Crippen LogP contribution in [0.1, 0.15) is 79.1 Å². The van der Waals surface area contributed by atoms with Crippen LogP contribution in [0.15, 0.2) is 30.5 Å². The maximum atomic E-state index is 14.4. The lowest BCUT2D eigenvalue weighted by molar-refractivity contribution is -0.143. The first-order valence-electron chi connectivity index (χ1n) is 16.8. The molecule has 3 fully saturated rings. The fraction of sp³-hybridized carbons (Fsp3) is 0.618. The minimum atomic E-state index is -3.82. The molecule has 1 aromatic heterocycles. The molecular weight excluding hydrogens is 654 g/mol. The number of likely N-dealkylation sites (tertiary alicyclic amines) is 1. The van der Waals surface area contributed by atoms with Crippen LogP contribution in [0, 0.1) is 0 Å². The number of methoxy groups -OCH3 is 1. The maximum absolute atomic E-state index is 14.4. The fourth-order valence-electron chi connectivity index (χ4n) is 5.96. The van der Waals surface area contributed by atoms with Gasteiger partial charge < -0.3 is 24.4 Å². The highest BCUT2D eigenvalue weighted by molar-refractivity contribution is 7.91. The van der Waals surface area contributed by atoms with Crippen LogP contribution in [0.3, 0.4) is 0 Å². The molecule has 268 valence electrons. The van der Waals surface area contributed by atoms with Crippen molar-refractivity contribution >= 4 is 44.6 Å². The van der Waals surface area contributed by atoms with Crippen molar-refractivity contribution in [1.29, 1.82) is 0 Å². The molecule has 3 atom stereocenters. The number of carbonyl (C=O) groups excluding carboxylic acids is 4. The summed E-state index contributed by atoms with van der Waals surface area (Å²) in [6.07, 6.45) is 3.55. The monoisotopic (exact) mass is 701 g/mol. The zero-order valence-electron chi connectivity index (χ0n) is 29.0. The second-order valence-electron chi connectivity index (χ2n) is 14.2. The van der Waals surface area contributed by atoms with E-state index < -0.39 is 68.4 Å². The van der Waals surface area contributed by atoms with Crippen LogP contribution < -0.4 is 19.5 Å². The number of benzene rings is 1. The number of ether oxygens (including phenoxy) is 3. The van der Waals surface area contributed by atoms with Crippen molar-refractivity contribution in [2.45, 2.75) is 114 Å². The number of rotatable bonds is 13. The Hall–Kier alpha value is -4.14. The molecule has 1 aromatic carbocycles. The van der Waals surface area contributed by atoms with E-state index in [1.807, 2.05) is 25.1 Å². The highest BCUT2D eigenvalue weighted by Crippen LogP contribution is 2.38. The molecule has 1 aliphatic heterocycles. The number of unbranched alkanes of at least 4 members (excludes halogenated alkanes) is 1. The molecule has 2 N–H and O–H groups in total. The van der Waals surface area contributed by atoms with Crippen molar-refractivity contribution in [2.24, 2.45) is 0 Å². The number of likely N-dealkylation sites (N-methyl/N-ethyl adjacent to an activating group) is 1. The lowest BCUT2D eigenvalue weighted by Gasteiger charge is -2.34. The summed E-state index contributed by atoms with van der Waals surface area (Å²) in [6, 6.07) is 5.26. The zero-order chi connectivity index (χ0) is 35.7. The van der Waals surface area contributed by atoms with Gasteiger partial charge in [-0.25, -0.2) is 18.2 Å². The number of nitrogens with zero attached hydrogens (tertiary/aromatic N) is 3. The summed E-state index contributed by atoms with van der Waals surface area (Å²) >= 11 is 0. The van der Waals surface area contributed by atoms with Gasteiger partial charge in [-0.3, -0.25) is 24.0 Å². The van der Waals surface area contributed by atoms with Crippen molar-refractivity contribution < 1.29 is 41.8 Å². The second-order valence-corrected chi connectivity index (χ2v) is 16.1. The molecule has 0 radical (unpaired) electrons. The molecule has 1 saturated heterocycles. The predicted octanol–water partition coefficient (Wildman–Crippen LogP) is 3.27. The number of nitrogens with one attached hydrogen (secondary N) is 2. The van der Waals surface area contributed by atoms with E-state index >= 15 is 0 Å². The molecule has 2 aliphatic carbocycles. The van der Waals surface area contributed by atoms with Crippen molar-refractivity contribution in [2.75, 3.05) is 20.7 Å². The Balaban J connectivity index is 1.41. The number of sulfonamides is 1. The average Bonchev–Trinajstić information content (AvgIpc) is 3.98. The molecule has 49 heavy (non-hydrogen) atoms. The van der Waals surface area contributed by atoms with Crippen LogP contribution in [0.4, 0.5) is 4.79 Å². The zero-order valence-corrected chi connectivity index (χ0v) is 29.8. The van der Waals surface area contributed by atoms with E-state index in [1.54, 1.807) is 40.1 Å². The fourth-order valence-corrected chi connectivity index (χ4v) is 7.33. The van der Waals surface area contributed by atoms with E-state index in [0.717, 1.165) is 11.8 Å². The van der Waals surface area contributed by atoms with Gasteiger partial charge in [0.15, 0.2) is 0 Å².